The van der Waals surface area contributed by atoms with Gasteiger partial charge in [-0.1, -0.05) is 37.8 Å². The maximum absolute atomic E-state index is 12.6. The molecule has 3 nitrogen and oxygen atoms in total. The first kappa shape index (κ1) is 17.5. The van der Waals surface area contributed by atoms with Crippen LogP contribution in [0.3, 0.4) is 0 Å². The zero-order valence-electron chi connectivity index (χ0n) is 13.2. The molecule has 1 aliphatic rings. The minimum absolute atomic E-state index is 0.0215. The van der Waals surface area contributed by atoms with Gasteiger partial charge in [0.15, 0.2) is 0 Å². The Labute approximate surface area is 142 Å². The van der Waals surface area contributed by atoms with Crippen molar-refractivity contribution in [3.63, 3.8) is 0 Å². The minimum Gasteiger partial charge on any atom is -0.495 e. The smallest absolute Gasteiger partial charge is 0.237 e. The quantitative estimate of drug-likeness (QED) is 0.779. The highest BCUT2D eigenvalue weighted by atomic mass is 35.5. The second-order valence-corrected chi connectivity index (χ2v) is 7.57. The number of carbonyl (C=O) groups excluding carboxylic acids is 1. The predicted octanol–water partition coefficient (Wildman–Crippen LogP) is 5.13. The second kappa shape index (κ2) is 8.68. The molecule has 22 heavy (non-hydrogen) atoms. The first-order valence-corrected chi connectivity index (χ1v) is 9.26. The molecule has 1 amide bonds. The normalized spacial score (nSPS) is 17.0. The average molecular weight is 342 g/mol. The summed E-state index contributed by atoms with van der Waals surface area (Å²) in [5.41, 5.74) is 0.641. The van der Waals surface area contributed by atoms with Crippen LogP contribution in [0.2, 0.25) is 5.02 Å². The van der Waals surface area contributed by atoms with Gasteiger partial charge in [0.05, 0.1) is 18.0 Å². The van der Waals surface area contributed by atoms with Gasteiger partial charge in [0.25, 0.3) is 0 Å². The lowest BCUT2D eigenvalue weighted by molar-refractivity contribution is -0.115. The summed E-state index contributed by atoms with van der Waals surface area (Å²) in [6.07, 6.45) is 7.20. The largest absolute Gasteiger partial charge is 0.495 e. The number of nitrogens with one attached hydrogen (secondary N) is 1. The summed E-state index contributed by atoms with van der Waals surface area (Å²) in [5, 5.41) is 4.16. The van der Waals surface area contributed by atoms with Crippen LogP contribution in [-0.4, -0.2) is 23.5 Å². The highest BCUT2D eigenvalue weighted by Gasteiger charge is 2.24. The third-order valence-electron chi connectivity index (χ3n) is 3.99. The van der Waals surface area contributed by atoms with E-state index in [2.05, 4.69) is 12.2 Å². The standard InChI is InChI=1S/C17H24ClNO2S/c1-3-16(22-13-7-5-4-6-8-13)17(20)19-14-11-12(18)9-10-15(14)21-2/h9-11,13,16H,3-8H2,1-2H3,(H,19,20). The molecule has 0 heterocycles. The monoisotopic (exact) mass is 341 g/mol. The van der Waals surface area contributed by atoms with Crippen molar-refractivity contribution in [1.29, 1.82) is 0 Å². The zero-order chi connectivity index (χ0) is 15.9. The molecule has 0 saturated heterocycles. The lowest BCUT2D eigenvalue weighted by Gasteiger charge is -2.25. The number of ether oxygens (including phenoxy) is 1. The van der Waals surface area contributed by atoms with Crippen LogP contribution < -0.4 is 10.1 Å². The van der Waals surface area contributed by atoms with E-state index in [1.165, 1.54) is 32.1 Å². The maximum atomic E-state index is 12.6. The molecular weight excluding hydrogens is 318 g/mol. The number of anilines is 1. The molecule has 1 fully saturated rings. The fraction of sp³-hybridized carbons (Fsp3) is 0.588. The summed E-state index contributed by atoms with van der Waals surface area (Å²) in [7, 11) is 1.59. The number of rotatable bonds is 6. The van der Waals surface area contributed by atoms with E-state index in [9.17, 15) is 4.79 Å². The van der Waals surface area contributed by atoms with E-state index >= 15 is 0 Å². The molecule has 1 aromatic carbocycles. The number of methoxy groups -OCH3 is 1. The Morgan fingerprint density at radius 3 is 2.77 bits per heavy atom. The molecule has 1 aliphatic carbocycles. The number of benzene rings is 1. The van der Waals surface area contributed by atoms with Crippen LogP contribution >= 0.6 is 23.4 Å². The van der Waals surface area contributed by atoms with Crippen molar-refractivity contribution < 1.29 is 9.53 Å². The summed E-state index contributed by atoms with van der Waals surface area (Å²) in [6, 6.07) is 5.26. The van der Waals surface area contributed by atoms with E-state index in [4.69, 9.17) is 16.3 Å². The van der Waals surface area contributed by atoms with Gasteiger partial charge in [0, 0.05) is 10.3 Å². The predicted molar refractivity (Wildman–Crippen MR) is 95.2 cm³/mol. The van der Waals surface area contributed by atoms with Gasteiger partial charge in [-0.25, -0.2) is 0 Å². The van der Waals surface area contributed by atoms with Crippen molar-refractivity contribution in [2.24, 2.45) is 0 Å². The average Bonchev–Trinajstić information content (AvgIpc) is 2.53. The van der Waals surface area contributed by atoms with Gasteiger partial charge in [0.1, 0.15) is 5.75 Å². The van der Waals surface area contributed by atoms with Crippen molar-refractivity contribution in [1.82, 2.24) is 0 Å². The number of hydrogen-bond acceptors (Lipinski definition) is 3. The maximum Gasteiger partial charge on any atom is 0.237 e. The Hall–Kier alpha value is -0.870. The van der Waals surface area contributed by atoms with Crippen LogP contribution in [0, 0.1) is 0 Å². The minimum atomic E-state index is -0.0215. The molecule has 0 aromatic heterocycles. The zero-order valence-corrected chi connectivity index (χ0v) is 14.8. The van der Waals surface area contributed by atoms with Crippen LogP contribution in [0.4, 0.5) is 5.69 Å². The van der Waals surface area contributed by atoms with E-state index in [1.807, 2.05) is 11.8 Å². The number of hydrogen-bond donors (Lipinski definition) is 1. The summed E-state index contributed by atoms with van der Waals surface area (Å²) < 4.78 is 5.28. The summed E-state index contributed by atoms with van der Waals surface area (Å²) in [6.45, 7) is 2.06. The first-order chi connectivity index (χ1) is 10.6. The second-order valence-electron chi connectivity index (χ2n) is 5.63. The van der Waals surface area contributed by atoms with E-state index in [1.54, 1.807) is 25.3 Å². The highest BCUT2D eigenvalue weighted by Crippen LogP contribution is 2.34. The van der Waals surface area contributed by atoms with E-state index in [0.717, 1.165) is 6.42 Å². The molecule has 1 unspecified atom stereocenters. The van der Waals surface area contributed by atoms with Gasteiger partial charge in [-0.15, -0.1) is 11.8 Å². The third-order valence-corrected chi connectivity index (χ3v) is 5.96. The number of thioether (sulfide) groups is 1. The Balaban J connectivity index is 2.00. The van der Waals surface area contributed by atoms with Gasteiger partial charge >= 0.3 is 0 Å². The van der Waals surface area contributed by atoms with E-state index in [-0.39, 0.29) is 11.2 Å². The summed E-state index contributed by atoms with van der Waals surface area (Å²) in [5.74, 6) is 0.675. The van der Waals surface area contributed by atoms with E-state index < -0.39 is 0 Å². The Morgan fingerprint density at radius 1 is 1.41 bits per heavy atom. The molecule has 0 aliphatic heterocycles. The molecule has 5 heteroatoms. The van der Waals surface area contributed by atoms with Crippen LogP contribution in [0.1, 0.15) is 45.4 Å². The Bertz CT molecular complexity index is 503. The fourth-order valence-electron chi connectivity index (χ4n) is 2.77. The fourth-order valence-corrected chi connectivity index (χ4v) is 4.39. The van der Waals surface area contributed by atoms with Crippen LogP contribution in [0.5, 0.6) is 5.75 Å². The first-order valence-electron chi connectivity index (χ1n) is 7.94. The molecule has 0 spiro atoms. The summed E-state index contributed by atoms with van der Waals surface area (Å²) in [4.78, 5) is 12.6. The summed E-state index contributed by atoms with van der Waals surface area (Å²) >= 11 is 7.84. The lowest BCUT2D eigenvalue weighted by Crippen LogP contribution is -2.27. The SMILES string of the molecule is CCC(SC1CCCCC1)C(=O)Nc1cc(Cl)ccc1OC. The molecule has 0 bridgehead atoms. The molecule has 1 atom stereocenters. The van der Waals surface area contributed by atoms with Crippen LogP contribution in [0.15, 0.2) is 18.2 Å². The van der Waals surface area contributed by atoms with Gasteiger partial charge in [-0.2, -0.15) is 0 Å². The van der Waals surface area contributed by atoms with Crippen LogP contribution in [-0.2, 0) is 4.79 Å². The lowest BCUT2D eigenvalue weighted by atomic mass is 10.0. The van der Waals surface area contributed by atoms with Crippen LogP contribution in [0.25, 0.3) is 0 Å². The molecule has 2 rings (SSSR count). The topological polar surface area (TPSA) is 38.3 Å². The van der Waals surface area contributed by atoms with Gasteiger partial charge in [-0.05, 0) is 37.5 Å². The van der Waals surface area contributed by atoms with Gasteiger partial charge in [0.2, 0.25) is 5.91 Å². The molecular formula is C17H24ClNO2S. The molecule has 0 radical (unpaired) electrons. The third kappa shape index (κ3) is 4.82. The molecule has 122 valence electrons. The number of halogens is 1. The molecule has 1 N–H and O–H groups in total. The molecule has 1 aromatic rings. The number of amides is 1. The Kier molecular flexibility index (Phi) is 6.90. The van der Waals surface area contributed by atoms with Crippen molar-refractivity contribution in [2.75, 3.05) is 12.4 Å². The van der Waals surface area contributed by atoms with Gasteiger partial charge in [-0.3, -0.25) is 4.79 Å². The molecule has 1 saturated carbocycles. The van der Waals surface area contributed by atoms with Crippen molar-refractivity contribution in [2.45, 2.75) is 55.9 Å². The van der Waals surface area contributed by atoms with Crippen molar-refractivity contribution in [3.05, 3.63) is 23.2 Å². The van der Waals surface area contributed by atoms with E-state index in [0.29, 0.717) is 21.7 Å². The van der Waals surface area contributed by atoms with Crippen molar-refractivity contribution >= 4 is 35.0 Å². The highest BCUT2D eigenvalue weighted by molar-refractivity contribution is 8.01. The number of carbonyl (C=O) groups is 1. The van der Waals surface area contributed by atoms with Crippen molar-refractivity contribution in [3.8, 4) is 5.75 Å². The Morgan fingerprint density at radius 2 is 2.14 bits per heavy atom. The van der Waals surface area contributed by atoms with Gasteiger partial charge < -0.3 is 10.1 Å².